The molecule has 0 aliphatic rings. The van der Waals surface area contributed by atoms with Crippen LogP contribution in [0, 0.1) is 0 Å². The van der Waals surface area contributed by atoms with Crippen molar-refractivity contribution < 1.29 is 0 Å². The van der Waals surface area contributed by atoms with Gasteiger partial charge in [-0.15, -0.1) is 0 Å². The Balaban J connectivity index is 1.86. The van der Waals surface area contributed by atoms with E-state index in [0.717, 1.165) is 38.8 Å². The molecule has 0 saturated carbocycles. The van der Waals surface area contributed by atoms with Crippen LogP contribution in [0.1, 0.15) is 25.7 Å². The van der Waals surface area contributed by atoms with Crippen LogP contribution in [0.4, 0.5) is 5.95 Å². The molecular weight excluding hydrogens is 232 g/mol. The van der Waals surface area contributed by atoms with E-state index in [2.05, 4.69) is 25.3 Å². The summed E-state index contributed by atoms with van der Waals surface area (Å²) < 4.78 is 0. The molecule has 2 aromatic heterocycles. The minimum atomic E-state index is -0.205. The Bertz CT molecular complexity index is 546. The highest BCUT2D eigenvalue weighted by Gasteiger charge is 2.04. The number of hydrogen-bond donors (Lipinski definition) is 4. The van der Waals surface area contributed by atoms with Crippen molar-refractivity contribution in [3.05, 3.63) is 16.7 Å². The summed E-state index contributed by atoms with van der Waals surface area (Å²) in [7, 11) is 0. The minimum absolute atomic E-state index is 0.205. The topological polar surface area (TPSA) is 112 Å². The molecule has 0 aromatic carbocycles. The Labute approximate surface area is 104 Å². The molecule has 0 fully saturated rings. The lowest BCUT2D eigenvalue weighted by Crippen LogP contribution is -2.14. The molecule has 0 amide bonds. The number of imidazole rings is 1. The molecular formula is C11H18N6O. The SMILES string of the molecule is NCCCCCCNc1nc2nc[nH]c2c(=O)[nH]1. The molecule has 0 spiro atoms. The van der Waals surface area contributed by atoms with Crippen LogP contribution in [0.15, 0.2) is 11.1 Å². The maximum Gasteiger partial charge on any atom is 0.278 e. The van der Waals surface area contributed by atoms with Gasteiger partial charge in [-0.05, 0) is 19.4 Å². The quantitative estimate of drug-likeness (QED) is 0.537. The third kappa shape index (κ3) is 3.07. The van der Waals surface area contributed by atoms with Crippen LogP contribution < -0.4 is 16.6 Å². The predicted octanol–water partition coefficient (Wildman–Crippen LogP) is 0.577. The number of nitrogens with one attached hydrogen (secondary N) is 3. The summed E-state index contributed by atoms with van der Waals surface area (Å²) >= 11 is 0. The van der Waals surface area contributed by atoms with Crippen LogP contribution in [-0.2, 0) is 0 Å². The lowest BCUT2D eigenvalue weighted by atomic mass is 10.2. The van der Waals surface area contributed by atoms with Crippen LogP contribution in [0.5, 0.6) is 0 Å². The number of aromatic nitrogens is 4. The van der Waals surface area contributed by atoms with Gasteiger partial charge in [0.15, 0.2) is 11.2 Å². The number of nitrogens with two attached hydrogens (primary N) is 1. The highest BCUT2D eigenvalue weighted by molar-refractivity contribution is 5.69. The Morgan fingerprint density at radius 3 is 2.94 bits per heavy atom. The van der Waals surface area contributed by atoms with Gasteiger partial charge in [0.05, 0.1) is 6.33 Å². The minimum Gasteiger partial charge on any atom is -0.356 e. The second kappa shape index (κ2) is 6.15. The van der Waals surface area contributed by atoms with Crippen molar-refractivity contribution >= 4 is 17.1 Å². The molecule has 0 unspecified atom stereocenters. The van der Waals surface area contributed by atoms with Gasteiger partial charge < -0.3 is 16.0 Å². The van der Waals surface area contributed by atoms with Gasteiger partial charge in [0.1, 0.15) is 0 Å². The summed E-state index contributed by atoms with van der Waals surface area (Å²) in [5, 5.41) is 3.09. The monoisotopic (exact) mass is 250 g/mol. The normalized spacial score (nSPS) is 10.9. The van der Waals surface area contributed by atoms with Gasteiger partial charge in [0.25, 0.3) is 5.56 Å². The van der Waals surface area contributed by atoms with E-state index in [0.29, 0.717) is 17.1 Å². The molecule has 98 valence electrons. The van der Waals surface area contributed by atoms with E-state index in [1.54, 1.807) is 0 Å². The summed E-state index contributed by atoms with van der Waals surface area (Å²) in [6, 6.07) is 0. The number of rotatable bonds is 7. The van der Waals surface area contributed by atoms with E-state index in [1.807, 2.05) is 0 Å². The molecule has 7 heteroatoms. The summed E-state index contributed by atoms with van der Waals surface area (Å²) in [5.41, 5.74) is 6.05. The van der Waals surface area contributed by atoms with Gasteiger partial charge in [-0.2, -0.15) is 4.98 Å². The van der Waals surface area contributed by atoms with Gasteiger partial charge in [-0.25, -0.2) is 4.98 Å². The molecule has 0 aliphatic carbocycles. The molecule has 0 saturated heterocycles. The Hall–Kier alpha value is -1.89. The van der Waals surface area contributed by atoms with Crippen molar-refractivity contribution in [2.75, 3.05) is 18.4 Å². The fourth-order valence-corrected chi connectivity index (χ4v) is 1.76. The summed E-state index contributed by atoms with van der Waals surface area (Å²) in [6.45, 7) is 1.53. The van der Waals surface area contributed by atoms with Crippen molar-refractivity contribution in [1.82, 2.24) is 19.9 Å². The largest absolute Gasteiger partial charge is 0.356 e. The Morgan fingerprint density at radius 1 is 1.28 bits per heavy atom. The van der Waals surface area contributed by atoms with Gasteiger partial charge in [-0.1, -0.05) is 12.8 Å². The van der Waals surface area contributed by atoms with Crippen LogP contribution in [0.3, 0.4) is 0 Å². The van der Waals surface area contributed by atoms with Crippen LogP contribution in [0.25, 0.3) is 11.2 Å². The van der Waals surface area contributed by atoms with Crippen molar-refractivity contribution in [3.63, 3.8) is 0 Å². The van der Waals surface area contributed by atoms with Gasteiger partial charge in [0, 0.05) is 6.54 Å². The number of fused-ring (bicyclic) bond motifs is 1. The lowest BCUT2D eigenvalue weighted by molar-refractivity contribution is 0.660. The molecule has 0 bridgehead atoms. The molecule has 18 heavy (non-hydrogen) atoms. The number of aromatic amines is 2. The first kappa shape index (κ1) is 12.6. The molecule has 2 heterocycles. The zero-order valence-corrected chi connectivity index (χ0v) is 10.2. The lowest BCUT2D eigenvalue weighted by Gasteiger charge is -2.04. The molecule has 0 radical (unpaired) electrons. The van der Waals surface area contributed by atoms with Crippen LogP contribution in [-0.4, -0.2) is 33.0 Å². The van der Waals surface area contributed by atoms with E-state index in [1.165, 1.54) is 6.33 Å². The molecule has 2 aromatic rings. The first-order valence-corrected chi connectivity index (χ1v) is 6.18. The summed E-state index contributed by atoms with van der Waals surface area (Å²) in [6.07, 6.45) is 5.82. The average Bonchev–Trinajstić information content (AvgIpc) is 2.82. The molecule has 0 atom stereocenters. The Morgan fingerprint density at radius 2 is 2.11 bits per heavy atom. The second-order valence-electron chi connectivity index (χ2n) is 4.15. The third-order valence-electron chi connectivity index (χ3n) is 2.72. The summed E-state index contributed by atoms with van der Waals surface area (Å²) in [5.74, 6) is 0.471. The third-order valence-corrected chi connectivity index (χ3v) is 2.72. The number of H-pyrrole nitrogens is 2. The second-order valence-corrected chi connectivity index (χ2v) is 4.15. The van der Waals surface area contributed by atoms with E-state index in [4.69, 9.17) is 5.73 Å². The Kier molecular flexibility index (Phi) is 4.30. The molecule has 0 aliphatic heterocycles. The molecule has 5 N–H and O–H groups in total. The maximum absolute atomic E-state index is 11.6. The van der Waals surface area contributed by atoms with E-state index in [9.17, 15) is 4.79 Å². The van der Waals surface area contributed by atoms with E-state index >= 15 is 0 Å². The van der Waals surface area contributed by atoms with E-state index < -0.39 is 0 Å². The molecule has 2 rings (SSSR count). The fraction of sp³-hybridized carbons (Fsp3) is 0.545. The average molecular weight is 250 g/mol. The van der Waals surface area contributed by atoms with Crippen molar-refractivity contribution in [2.24, 2.45) is 5.73 Å². The van der Waals surface area contributed by atoms with Crippen molar-refractivity contribution in [1.29, 1.82) is 0 Å². The van der Waals surface area contributed by atoms with Gasteiger partial charge in [-0.3, -0.25) is 9.78 Å². The zero-order valence-electron chi connectivity index (χ0n) is 10.2. The number of nitrogens with zero attached hydrogens (tertiary/aromatic N) is 2. The number of anilines is 1. The smallest absolute Gasteiger partial charge is 0.278 e. The van der Waals surface area contributed by atoms with Gasteiger partial charge >= 0.3 is 0 Å². The number of unbranched alkanes of at least 4 members (excludes halogenated alkanes) is 3. The zero-order chi connectivity index (χ0) is 12.8. The fourth-order valence-electron chi connectivity index (χ4n) is 1.76. The summed E-state index contributed by atoms with van der Waals surface area (Å²) in [4.78, 5) is 25.2. The van der Waals surface area contributed by atoms with Crippen molar-refractivity contribution in [3.8, 4) is 0 Å². The van der Waals surface area contributed by atoms with Crippen LogP contribution in [0.2, 0.25) is 0 Å². The standard InChI is InChI=1S/C11H18N6O/c12-5-3-1-2-4-6-13-11-16-9-8(10(18)17-11)14-7-15-9/h7H,1-6,12H2,(H3,13,14,15,16,17,18). The predicted molar refractivity (Wildman–Crippen MR) is 70.5 cm³/mol. The maximum atomic E-state index is 11.6. The highest BCUT2D eigenvalue weighted by Crippen LogP contribution is 2.04. The van der Waals surface area contributed by atoms with E-state index in [-0.39, 0.29) is 5.56 Å². The van der Waals surface area contributed by atoms with Crippen LogP contribution >= 0.6 is 0 Å². The van der Waals surface area contributed by atoms with Gasteiger partial charge in [0.2, 0.25) is 5.95 Å². The van der Waals surface area contributed by atoms with Crippen molar-refractivity contribution in [2.45, 2.75) is 25.7 Å². The first-order chi connectivity index (χ1) is 8.81. The molecule has 7 nitrogen and oxygen atoms in total. The number of hydrogen-bond acceptors (Lipinski definition) is 5. The first-order valence-electron chi connectivity index (χ1n) is 6.18. The highest BCUT2D eigenvalue weighted by atomic mass is 16.1.